The van der Waals surface area contributed by atoms with Crippen molar-refractivity contribution >= 4 is 38.9 Å². The molecule has 4 heteroatoms. The van der Waals surface area contributed by atoms with Crippen LogP contribution in [0.3, 0.4) is 0 Å². The van der Waals surface area contributed by atoms with Gasteiger partial charge >= 0.3 is 0 Å². The molecule has 0 bridgehead atoms. The number of thiophene rings is 1. The molecular formula is C12H9BrClOS. The maximum absolute atomic E-state index is 12.6. The van der Waals surface area contributed by atoms with E-state index in [4.69, 9.17) is 11.6 Å². The van der Waals surface area contributed by atoms with Gasteiger partial charge in [0.15, 0.2) is 5.60 Å². The maximum Gasteiger partial charge on any atom is 0.160 e. The zero-order chi connectivity index (χ0) is 11.8. The molecule has 0 N–H and O–H groups in total. The van der Waals surface area contributed by atoms with E-state index < -0.39 is 5.60 Å². The molecule has 0 aliphatic carbocycles. The van der Waals surface area contributed by atoms with Gasteiger partial charge in [-0.2, -0.15) is 0 Å². The van der Waals surface area contributed by atoms with Gasteiger partial charge in [-0.3, -0.25) is 0 Å². The van der Waals surface area contributed by atoms with Gasteiger partial charge in [0.1, 0.15) is 0 Å². The van der Waals surface area contributed by atoms with Crippen LogP contribution in [0.4, 0.5) is 0 Å². The van der Waals surface area contributed by atoms with Crippen LogP contribution in [0, 0.1) is 0 Å². The second-order valence-corrected chi connectivity index (χ2v) is 6.55. The Morgan fingerprint density at radius 1 is 1.31 bits per heavy atom. The smallest absolute Gasteiger partial charge is 0.160 e. The van der Waals surface area contributed by atoms with Crippen molar-refractivity contribution in [2.75, 3.05) is 0 Å². The molecule has 2 aromatic rings. The summed E-state index contributed by atoms with van der Waals surface area (Å²) in [5, 5.41) is 13.2. The highest BCUT2D eigenvalue weighted by molar-refractivity contribution is 9.11. The summed E-state index contributed by atoms with van der Waals surface area (Å²) in [5.41, 5.74) is -0.559. The molecule has 1 heterocycles. The molecule has 1 unspecified atom stereocenters. The fraction of sp³-hybridized carbons (Fsp3) is 0.167. The lowest BCUT2D eigenvalue weighted by molar-refractivity contribution is 0.0240. The van der Waals surface area contributed by atoms with E-state index in [1.807, 2.05) is 18.2 Å². The molecule has 0 saturated heterocycles. The van der Waals surface area contributed by atoms with Crippen molar-refractivity contribution in [1.82, 2.24) is 0 Å². The number of benzene rings is 1. The molecule has 0 spiro atoms. The Labute approximate surface area is 112 Å². The van der Waals surface area contributed by atoms with Crippen LogP contribution >= 0.6 is 38.9 Å². The number of hydrogen-bond donors (Lipinski definition) is 0. The summed E-state index contributed by atoms with van der Waals surface area (Å²) >= 11 is 10.7. The van der Waals surface area contributed by atoms with Crippen LogP contribution in [0.5, 0.6) is 0 Å². The summed E-state index contributed by atoms with van der Waals surface area (Å²) in [6.07, 6.45) is 0. The standard InChI is InChI=1S/C12H9BrClOS/c1-12(15,10-5-6-11(13)16-10)8-3-2-4-9(14)7-8/h2-7H,1H3. The third kappa shape index (κ3) is 2.33. The Hall–Kier alpha value is -0.350. The van der Waals surface area contributed by atoms with Crippen LogP contribution < -0.4 is 0 Å². The van der Waals surface area contributed by atoms with Crippen molar-refractivity contribution < 1.29 is 5.11 Å². The molecule has 83 valence electrons. The van der Waals surface area contributed by atoms with E-state index in [9.17, 15) is 5.11 Å². The lowest BCUT2D eigenvalue weighted by Crippen LogP contribution is -2.19. The Balaban J connectivity index is 2.46. The van der Waals surface area contributed by atoms with Gasteiger partial charge in [0.05, 0.1) is 3.79 Å². The van der Waals surface area contributed by atoms with E-state index in [1.165, 1.54) is 11.3 Å². The molecule has 0 amide bonds. The molecule has 1 atom stereocenters. The quantitative estimate of drug-likeness (QED) is 0.754. The Morgan fingerprint density at radius 2 is 2.06 bits per heavy atom. The summed E-state index contributed by atoms with van der Waals surface area (Å²) in [5.74, 6) is 0. The minimum absolute atomic E-state index is 0.593. The number of hydrogen-bond acceptors (Lipinski definition) is 1. The van der Waals surface area contributed by atoms with Gasteiger partial charge < -0.3 is 0 Å². The molecule has 0 saturated carbocycles. The highest BCUT2D eigenvalue weighted by atomic mass is 79.9. The van der Waals surface area contributed by atoms with Crippen LogP contribution in [0.2, 0.25) is 5.02 Å². The highest BCUT2D eigenvalue weighted by Gasteiger charge is 2.29. The molecule has 0 aliphatic heterocycles. The van der Waals surface area contributed by atoms with Gasteiger partial charge in [-0.15, -0.1) is 11.3 Å². The lowest BCUT2D eigenvalue weighted by Gasteiger charge is -2.19. The average Bonchev–Trinajstić information content (AvgIpc) is 2.65. The van der Waals surface area contributed by atoms with Gasteiger partial charge in [0.25, 0.3) is 0 Å². The van der Waals surface area contributed by atoms with E-state index in [0.717, 1.165) is 8.66 Å². The van der Waals surface area contributed by atoms with Gasteiger partial charge in [-0.25, -0.2) is 5.11 Å². The predicted octanol–water partition coefficient (Wildman–Crippen LogP) is 4.86. The van der Waals surface area contributed by atoms with E-state index in [0.29, 0.717) is 10.6 Å². The normalized spacial score (nSPS) is 14.8. The topological polar surface area (TPSA) is 19.9 Å². The van der Waals surface area contributed by atoms with Crippen molar-refractivity contribution in [1.29, 1.82) is 0 Å². The maximum atomic E-state index is 12.6. The van der Waals surface area contributed by atoms with Crippen molar-refractivity contribution in [3.05, 3.63) is 55.6 Å². The molecule has 0 aliphatic rings. The Kier molecular flexibility index (Phi) is 3.40. The summed E-state index contributed by atoms with van der Waals surface area (Å²) in [6, 6.07) is 10.8. The van der Waals surface area contributed by atoms with E-state index in [-0.39, 0.29) is 0 Å². The molecule has 1 nitrogen and oxygen atoms in total. The number of halogens is 2. The van der Waals surface area contributed by atoms with E-state index in [2.05, 4.69) is 15.9 Å². The van der Waals surface area contributed by atoms with Crippen molar-refractivity contribution in [2.24, 2.45) is 0 Å². The summed E-state index contributed by atoms with van der Waals surface area (Å²) < 4.78 is 0.964. The zero-order valence-electron chi connectivity index (χ0n) is 8.54. The molecule has 16 heavy (non-hydrogen) atoms. The molecular weight excluding hydrogens is 308 g/mol. The Morgan fingerprint density at radius 3 is 2.62 bits per heavy atom. The summed E-state index contributed by atoms with van der Waals surface area (Å²) in [6.45, 7) is 1.66. The van der Waals surface area contributed by atoms with Gasteiger partial charge in [-0.1, -0.05) is 23.7 Å². The van der Waals surface area contributed by atoms with E-state index >= 15 is 0 Å². The molecule has 0 fully saturated rings. The summed E-state index contributed by atoms with van der Waals surface area (Å²) in [4.78, 5) is 0.779. The largest absolute Gasteiger partial charge is 0.218 e. The van der Waals surface area contributed by atoms with Crippen LogP contribution in [-0.2, 0) is 10.7 Å². The molecule has 1 aromatic heterocycles. The first-order chi connectivity index (χ1) is 7.50. The molecule has 1 aromatic carbocycles. The first kappa shape index (κ1) is 12.1. The van der Waals surface area contributed by atoms with Crippen LogP contribution in [0.1, 0.15) is 17.4 Å². The highest BCUT2D eigenvalue weighted by Crippen LogP contribution is 2.37. The minimum atomic E-state index is -1.25. The monoisotopic (exact) mass is 315 g/mol. The number of rotatable bonds is 2. The fourth-order valence-corrected chi connectivity index (χ4v) is 3.14. The van der Waals surface area contributed by atoms with E-state index in [1.54, 1.807) is 25.1 Å². The van der Waals surface area contributed by atoms with Crippen LogP contribution in [0.25, 0.3) is 0 Å². The van der Waals surface area contributed by atoms with Crippen LogP contribution in [0.15, 0.2) is 40.2 Å². The van der Waals surface area contributed by atoms with Crippen molar-refractivity contribution in [3.63, 3.8) is 0 Å². The second-order valence-electron chi connectivity index (χ2n) is 3.65. The second kappa shape index (κ2) is 4.49. The van der Waals surface area contributed by atoms with Crippen molar-refractivity contribution in [3.8, 4) is 0 Å². The SMILES string of the molecule is CC([O])(c1cccc(Cl)c1)c1ccc(Br)s1. The zero-order valence-corrected chi connectivity index (χ0v) is 11.7. The third-order valence-corrected chi connectivity index (χ3v) is 4.48. The lowest BCUT2D eigenvalue weighted by atomic mass is 9.94. The summed E-state index contributed by atoms with van der Waals surface area (Å²) in [7, 11) is 0. The van der Waals surface area contributed by atoms with Gasteiger partial charge in [-0.05, 0) is 52.7 Å². The fourth-order valence-electron chi connectivity index (χ4n) is 1.50. The Bertz CT molecular complexity index is 507. The average molecular weight is 317 g/mol. The van der Waals surface area contributed by atoms with Crippen LogP contribution in [-0.4, -0.2) is 0 Å². The first-order valence-corrected chi connectivity index (χ1v) is 6.71. The molecule has 2 rings (SSSR count). The minimum Gasteiger partial charge on any atom is -0.218 e. The molecule has 1 radical (unpaired) electrons. The first-order valence-electron chi connectivity index (χ1n) is 4.72. The predicted molar refractivity (Wildman–Crippen MR) is 70.6 cm³/mol. The van der Waals surface area contributed by atoms with Crippen molar-refractivity contribution in [2.45, 2.75) is 12.5 Å². The third-order valence-electron chi connectivity index (χ3n) is 2.42. The van der Waals surface area contributed by atoms with Gasteiger partial charge in [0.2, 0.25) is 0 Å². The van der Waals surface area contributed by atoms with Gasteiger partial charge in [0, 0.05) is 9.90 Å².